The summed E-state index contributed by atoms with van der Waals surface area (Å²) in [6.07, 6.45) is 1.71. The Hall–Kier alpha value is -1.56. The molecule has 0 aromatic heterocycles. The van der Waals surface area contributed by atoms with Crippen LogP contribution in [0.15, 0.2) is 22.7 Å². The fraction of sp³-hybridized carbons (Fsp3) is 0.429. The molecule has 0 saturated carbocycles. The first-order chi connectivity index (χ1) is 9.47. The number of halogens is 1. The van der Waals surface area contributed by atoms with E-state index in [0.717, 1.165) is 17.3 Å². The van der Waals surface area contributed by atoms with E-state index in [9.17, 15) is 14.7 Å². The predicted molar refractivity (Wildman–Crippen MR) is 78.5 cm³/mol. The highest BCUT2D eigenvalue weighted by atomic mass is 79.9. The lowest BCUT2D eigenvalue weighted by Crippen LogP contribution is -2.49. The number of rotatable bonds is 2. The van der Waals surface area contributed by atoms with Gasteiger partial charge in [-0.2, -0.15) is 0 Å². The Bertz CT molecular complexity index is 533. The summed E-state index contributed by atoms with van der Waals surface area (Å²) < 4.78 is 0.723. The van der Waals surface area contributed by atoms with Crippen LogP contribution in [0.4, 0.5) is 0 Å². The van der Waals surface area contributed by atoms with Gasteiger partial charge in [0.25, 0.3) is 5.91 Å². The van der Waals surface area contributed by atoms with Gasteiger partial charge in [0.2, 0.25) is 5.91 Å². The van der Waals surface area contributed by atoms with Crippen LogP contribution >= 0.6 is 15.9 Å². The number of aromatic hydroxyl groups is 1. The van der Waals surface area contributed by atoms with Crippen LogP contribution < -0.4 is 5.32 Å². The van der Waals surface area contributed by atoms with Crippen LogP contribution in [0.25, 0.3) is 0 Å². The van der Waals surface area contributed by atoms with Gasteiger partial charge >= 0.3 is 0 Å². The van der Waals surface area contributed by atoms with Gasteiger partial charge in [-0.25, -0.2) is 0 Å². The monoisotopic (exact) mass is 340 g/mol. The smallest absolute Gasteiger partial charge is 0.257 e. The molecule has 1 aliphatic heterocycles. The van der Waals surface area contributed by atoms with Gasteiger partial charge in [-0.05, 0) is 31.0 Å². The van der Waals surface area contributed by atoms with Crippen molar-refractivity contribution in [3.05, 3.63) is 28.2 Å². The third-order valence-electron chi connectivity index (χ3n) is 3.31. The first kappa shape index (κ1) is 14.8. The van der Waals surface area contributed by atoms with Gasteiger partial charge in [0, 0.05) is 30.5 Å². The van der Waals surface area contributed by atoms with Gasteiger partial charge in [-0.3, -0.25) is 9.59 Å². The minimum atomic E-state index is -0.204. The second kappa shape index (κ2) is 6.26. The molecular weight excluding hydrogens is 324 g/mol. The third-order valence-corrected chi connectivity index (χ3v) is 3.80. The molecule has 1 atom stereocenters. The van der Waals surface area contributed by atoms with Crippen molar-refractivity contribution in [3.63, 3.8) is 0 Å². The highest BCUT2D eigenvalue weighted by Crippen LogP contribution is 2.24. The maximum absolute atomic E-state index is 12.4. The summed E-state index contributed by atoms with van der Waals surface area (Å²) in [5.41, 5.74) is 0.289. The van der Waals surface area contributed by atoms with Gasteiger partial charge in [0.05, 0.1) is 5.56 Å². The van der Waals surface area contributed by atoms with Gasteiger partial charge in [-0.15, -0.1) is 0 Å². The SMILES string of the molecule is CC(=O)N[C@@H]1CCCN(C(=O)c2ccc(Br)cc2O)C1. The van der Waals surface area contributed by atoms with Gasteiger partial charge in [-0.1, -0.05) is 15.9 Å². The molecule has 0 radical (unpaired) electrons. The number of likely N-dealkylation sites (tertiary alicyclic amines) is 1. The third kappa shape index (κ3) is 3.50. The first-order valence-electron chi connectivity index (χ1n) is 6.52. The van der Waals surface area contributed by atoms with Crippen molar-refractivity contribution in [2.24, 2.45) is 0 Å². The summed E-state index contributed by atoms with van der Waals surface area (Å²) in [6, 6.07) is 4.82. The van der Waals surface area contributed by atoms with Crippen LogP contribution in [0.3, 0.4) is 0 Å². The molecule has 0 unspecified atom stereocenters. The van der Waals surface area contributed by atoms with Crippen molar-refractivity contribution in [1.82, 2.24) is 10.2 Å². The summed E-state index contributed by atoms with van der Waals surface area (Å²) in [7, 11) is 0. The molecule has 108 valence electrons. The van der Waals surface area contributed by atoms with E-state index >= 15 is 0 Å². The second-order valence-electron chi connectivity index (χ2n) is 4.95. The number of carbonyl (C=O) groups excluding carboxylic acids is 2. The molecule has 2 amide bonds. The number of phenols is 1. The number of phenolic OH excluding ortho intramolecular Hbond substituents is 1. The number of benzene rings is 1. The molecule has 6 heteroatoms. The number of amides is 2. The van der Waals surface area contributed by atoms with Crippen molar-refractivity contribution in [2.75, 3.05) is 13.1 Å². The number of carbonyl (C=O) groups is 2. The Morgan fingerprint density at radius 1 is 1.45 bits per heavy atom. The van der Waals surface area contributed by atoms with Crippen molar-refractivity contribution >= 4 is 27.7 Å². The van der Waals surface area contributed by atoms with Crippen molar-refractivity contribution in [2.45, 2.75) is 25.8 Å². The quantitative estimate of drug-likeness (QED) is 0.863. The summed E-state index contributed by atoms with van der Waals surface area (Å²) in [5, 5.41) is 12.7. The minimum Gasteiger partial charge on any atom is -0.507 e. The fourth-order valence-electron chi connectivity index (χ4n) is 2.42. The van der Waals surface area contributed by atoms with Crippen LogP contribution in [0.5, 0.6) is 5.75 Å². The van der Waals surface area contributed by atoms with E-state index in [4.69, 9.17) is 0 Å². The van der Waals surface area contributed by atoms with Crippen LogP contribution in [0.2, 0.25) is 0 Å². The molecule has 5 nitrogen and oxygen atoms in total. The normalized spacial score (nSPS) is 18.7. The molecule has 1 heterocycles. The molecule has 0 aliphatic carbocycles. The van der Waals surface area contributed by atoms with E-state index in [1.165, 1.54) is 13.0 Å². The molecule has 2 N–H and O–H groups in total. The minimum absolute atomic E-state index is 0.0113. The van der Waals surface area contributed by atoms with Gasteiger partial charge < -0.3 is 15.3 Å². The maximum atomic E-state index is 12.4. The van der Waals surface area contributed by atoms with Gasteiger partial charge in [0.1, 0.15) is 5.75 Å². The average molecular weight is 341 g/mol. The van der Waals surface area contributed by atoms with E-state index in [0.29, 0.717) is 13.1 Å². The zero-order valence-corrected chi connectivity index (χ0v) is 12.8. The number of hydrogen-bond acceptors (Lipinski definition) is 3. The Morgan fingerprint density at radius 2 is 2.20 bits per heavy atom. The van der Waals surface area contributed by atoms with Crippen LogP contribution in [0, 0.1) is 0 Å². The van der Waals surface area contributed by atoms with E-state index in [2.05, 4.69) is 21.2 Å². The summed E-state index contributed by atoms with van der Waals surface area (Å²) in [6.45, 7) is 2.60. The largest absolute Gasteiger partial charge is 0.507 e. The molecule has 0 spiro atoms. The number of piperidine rings is 1. The number of nitrogens with one attached hydrogen (secondary N) is 1. The molecule has 1 aromatic rings. The van der Waals surface area contributed by atoms with Gasteiger partial charge in [0.15, 0.2) is 0 Å². The maximum Gasteiger partial charge on any atom is 0.257 e. The van der Waals surface area contributed by atoms with Crippen molar-refractivity contribution in [3.8, 4) is 5.75 Å². The van der Waals surface area contributed by atoms with E-state index in [1.54, 1.807) is 17.0 Å². The zero-order chi connectivity index (χ0) is 14.7. The van der Waals surface area contributed by atoms with E-state index in [1.807, 2.05) is 0 Å². The lowest BCUT2D eigenvalue weighted by Gasteiger charge is -2.33. The molecule has 0 bridgehead atoms. The van der Waals surface area contributed by atoms with Crippen LogP contribution in [-0.2, 0) is 4.79 Å². The summed E-state index contributed by atoms with van der Waals surface area (Å²) in [4.78, 5) is 25.2. The fourth-order valence-corrected chi connectivity index (χ4v) is 2.77. The van der Waals surface area contributed by atoms with Crippen LogP contribution in [0.1, 0.15) is 30.1 Å². The zero-order valence-electron chi connectivity index (χ0n) is 11.2. The summed E-state index contributed by atoms with van der Waals surface area (Å²) >= 11 is 3.25. The van der Waals surface area contributed by atoms with E-state index in [-0.39, 0.29) is 29.2 Å². The topological polar surface area (TPSA) is 69.6 Å². The lowest BCUT2D eigenvalue weighted by atomic mass is 10.0. The molecule has 1 aromatic carbocycles. The molecule has 2 rings (SSSR count). The molecular formula is C14H17BrN2O3. The van der Waals surface area contributed by atoms with Crippen molar-refractivity contribution < 1.29 is 14.7 Å². The first-order valence-corrected chi connectivity index (χ1v) is 7.31. The average Bonchev–Trinajstić information content (AvgIpc) is 2.37. The predicted octanol–water partition coefficient (Wildman–Crippen LogP) is 1.90. The Kier molecular flexibility index (Phi) is 4.65. The molecule has 20 heavy (non-hydrogen) atoms. The standard InChI is InChI=1S/C14H17BrN2O3/c1-9(18)16-11-3-2-6-17(8-11)14(20)12-5-4-10(15)7-13(12)19/h4-5,7,11,19H,2-3,6,8H2,1H3,(H,16,18)/t11-/m1/s1. The Labute approximate surface area is 126 Å². The summed E-state index contributed by atoms with van der Waals surface area (Å²) in [5.74, 6) is -0.327. The highest BCUT2D eigenvalue weighted by Gasteiger charge is 2.26. The number of nitrogens with zero attached hydrogens (tertiary/aromatic N) is 1. The van der Waals surface area contributed by atoms with Crippen LogP contribution in [-0.4, -0.2) is 41.0 Å². The van der Waals surface area contributed by atoms with E-state index < -0.39 is 0 Å². The molecule has 1 fully saturated rings. The second-order valence-corrected chi connectivity index (χ2v) is 5.87. The lowest BCUT2D eigenvalue weighted by molar-refractivity contribution is -0.120. The highest BCUT2D eigenvalue weighted by molar-refractivity contribution is 9.10. The molecule has 1 aliphatic rings. The number of hydrogen-bond donors (Lipinski definition) is 2. The Morgan fingerprint density at radius 3 is 2.85 bits per heavy atom. The van der Waals surface area contributed by atoms with Crippen molar-refractivity contribution in [1.29, 1.82) is 0 Å². The molecule has 1 saturated heterocycles. The Balaban J connectivity index is 2.10.